The van der Waals surface area contributed by atoms with Crippen LogP contribution in [0.2, 0.25) is 0 Å². The van der Waals surface area contributed by atoms with Gasteiger partial charge in [-0.3, -0.25) is 4.79 Å². The van der Waals surface area contributed by atoms with Crippen LogP contribution in [0.1, 0.15) is 17.8 Å². The SMILES string of the molecule is COC(=O)Cc1ccc2nc(CCl)n(C[C@@H]3CCO3)c2c1. The molecule has 5 nitrogen and oxygen atoms in total. The average Bonchev–Trinajstić information content (AvgIpc) is 2.79. The highest BCUT2D eigenvalue weighted by Crippen LogP contribution is 2.23. The van der Waals surface area contributed by atoms with Crippen LogP contribution in [0.15, 0.2) is 18.2 Å². The maximum atomic E-state index is 11.4. The summed E-state index contributed by atoms with van der Waals surface area (Å²) in [5.74, 6) is 0.936. The normalized spacial score (nSPS) is 17.7. The Morgan fingerprint density at radius 1 is 1.57 bits per heavy atom. The first kappa shape index (κ1) is 14.4. The number of hydrogen-bond donors (Lipinski definition) is 0. The maximum Gasteiger partial charge on any atom is 0.309 e. The van der Waals surface area contributed by atoms with E-state index in [0.29, 0.717) is 5.88 Å². The van der Waals surface area contributed by atoms with Crippen LogP contribution in [0.3, 0.4) is 0 Å². The van der Waals surface area contributed by atoms with E-state index in [1.165, 1.54) is 7.11 Å². The summed E-state index contributed by atoms with van der Waals surface area (Å²) >= 11 is 6.00. The van der Waals surface area contributed by atoms with Crippen LogP contribution < -0.4 is 0 Å². The lowest BCUT2D eigenvalue weighted by molar-refractivity contribution is -0.139. The molecule has 1 saturated heterocycles. The molecule has 1 atom stereocenters. The summed E-state index contributed by atoms with van der Waals surface area (Å²) in [6.45, 7) is 1.57. The maximum absolute atomic E-state index is 11.4. The number of alkyl halides is 1. The number of carbonyl (C=O) groups is 1. The molecule has 1 aromatic heterocycles. The second-order valence-corrected chi connectivity index (χ2v) is 5.40. The van der Waals surface area contributed by atoms with Crippen LogP contribution in [0.4, 0.5) is 0 Å². The number of aromatic nitrogens is 2. The summed E-state index contributed by atoms with van der Waals surface area (Å²) in [5, 5.41) is 0. The lowest BCUT2D eigenvalue weighted by Gasteiger charge is -2.27. The van der Waals surface area contributed by atoms with Gasteiger partial charge in [-0.25, -0.2) is 4.98 Å². The Morgan fingerprint density at radius 2 is 2.38 bits per heavy atom. The van der Waals surface area contributed by atoms with E-state index >= 15 is 0 Å². The van der Waals surface area contributed by atoms with Crippen LogP contribution in [-0.4, -0.2) is 35.3 Å². The van der Waals surface area contributed by atoms with Gasteiger partial charge in [-0.1, -0.05) is 6.07 Å². The van der Waals surface area contributed by atoms with Gasteiger partial charge >= 0.3 is 5.97 Å². The lowest BCUT2D eigenvalue weighted by atomic mass is 10.1. The Morgan fingerprint density at radius 3 is 3.00 bits per heavy atom. The first-order valence-corrected chi connectivity index (χ1v) is 7.47. The molecule has 1 aliphatic heterocycles. The van der Waals surface area contributed by atoms with Gasteiger partial charge in [0.15, 0.2) is 0 Å². The van der Waals surface area contributed by atoms with Crippen LogP contribution in [0.25, 0.3) is 11.0 Å². The highest BCUT2D eigenvalue weighted by Gasteiger charge is 2.21. The molecule has 1 fully saturated rings. The molecule has 0 bridgehead atoms. The van der Waals surface area contributed by atoms with Gasteiger partial charge in [0.2, 0.25) is 0 Å². The number of methoxy groups -OCH3 is 1. The Hall–Kier alpha value is -1.59. The number of imidazole rings is 1. The zero-order chi connectivity index (χ0) is 14.8. The van der Waals surface area contributed by atoms with Gasteiger partial charge < -0.3 is 14.0 Å². The number of rotatable bonds is 5. The minimum absolute atomic E-state index is 0.230. The van der Waals surface area contributed by atoms with E-state index in [0.717, 1.165) is 42.0 Å². The van der Waals surface area contributed by atoms with E-state index < -0.39 is 0 Å². The van der Waals surface area contributed by atoms with Gasteiger partial charge in [-0.2, -0.15) is 0 Å². The van der Waals surface area contributed by atoms with Crippen LogP contribution in [0, 0.1) is 0 Å². The molecule has 2 aromatic rings. The minimum Gasteiger partial charge on any atom is -0.469 e. The molecule has 0 spiro atoms. The Labute approximate surface area is 127 Å². The highest BCUT2D eigenvalue weighted by atomic mass is 35.5. The molecule has 0 N–H and O–H groups in total. The fraction of sp³-hybridized carbons (Fsp3) is 0.467. The first-order chi connectivity index (χ1) is 10.2. The molecular formula is C15H17ClN2O3. The van der Waals surface area contributed by atoms with Gasteiger partial charge in [0.1, 0.15) is 5.82 Å². The van der Waals surface area contributed by atoms with Gasteiger partial charge in [-0.05, 0) is 24.1 Å². The summed E-state index contributed by atoms with van der Waals surface area (Å²) in [4.78, 5) is 16.0. The van der Waals surface area contributed by atoms with Crippen molar-refractivity contribution < 1.29 is 14.3 Å². The molecule has 0 radical (unpaired) electrons. The molecular weight excluding hydrogens is 292 g/mol. The number of halogens is 1. The van der Waals surface area contributed by atoms with E-state index in [2.05, 4.69) is 9.55 Å². The van der Waals surface area contributed by atoms with Crippen LogP contribution in [0.5, 0.6) is 0 Å². The second kappa shape index (κ2) is 6.03. The molecule has 6 heteroatoms. The monoisotopic (exact) mass is 308 g/mol. The van der Waals surface area contributed by atoms with Crippen molar-refractivity contribution in [3.05, 3.63) is 29.6 Å². The third-order valence-electron chi connectivity index (χ3n) is 3.77. The average molecular weight is 309 g/mol. The Balaban J connectivity index is 1.96. The summed E-state index contributed by atoms with van der Waals surface area (Å²) < 4.78 is 12.3. The molecule has 0 saturated carbocycles. The molecule has 3 rings (SSSR count). The molecule has 0 amide bonds. The predicted octanol–water partition coefficient (Wildman–Crippen LogP) is 2.28. The molecule has 1 aliphatic rings. The van der Waals surface area contributed by atoms with E-state index in [-0.39, 0.29) is 18.5 Å². The van der Waals surface area contributed by atoms with Gasteiger partial charge in [0, 0.05) is 6.61 Å². The van der Waals surface area contributed by atoms with E-state index in [4.69, 9.17) is 21.1 Å². The van der Waals surface area contributed by atoms with Crippen molar-refractivity contribution in [3.8, 4) is 0 Å². The molecule has 0 unspecified atom stereocenters. The number of fused-ring (bicyclic) bond motifs is 1. The Bertz CT molecular complexity index is 664. The van der Waals surface area contributed by atoms with Gasteiger partial charge in [-0.15, -0.1) is 11.6 Å². The topological polar surface area (TPSA) is 53.3 Å². The highest BCUT2D eigenvalue weighted by molar-refractivity contribution is 6.16. The molecule has 1 aromatic carbocycles. The fourth-order valence-electron chi connectivity index (χ4n) is 2.50. The second-order valence-electron chi connectivity index (χ2n) is 5.13. The van der Waals surface area contributed by atoms with Crippen molar-refractivity contribution >= 4 is 28.6 Å². The number of esters is 1. The van der Waals surface area contributed by atoms with Crippen molar-refractivity contribution in [1.82, 2.24) is 9.55 Å². The van der Waals surface area contributed by atoms with Gasteiger partial charge in [0.05, 0.1) is 43.1 Å². The molecule has 112 valence electrons. The fourth-order valence-corrected chi connectivity index (χ4v) is 2.71. The van der Waals surface area contributed by atoms with Crippen molar-refractivity contribution in [3.63, 3.8) is 0 Å². The standard InChI is InChI=1S/C15H17ClN2O3/c1-20-15(19)7-10-2-3-12-13(6-10)18(14(8-16)17-12)9-11-4-5-21-11/h2-3,6,11H,4-5,7-9H2,1H3/t11-/m0/s1. The number of carbonyl (C=O) groups excluding carboxylic acids is 1. The molecule has 0 aliphatic carbocycles. The zero-order valence-electron chi connectivity index (χ0n) is 11.8. The van der Waals surface area contributed by atoms with Crippen molar-refractivity contribution in [2.45, 2.75) is 31.4 Å². The molecule has 2 heterocycles. The van der Waals surface area contributed by atoms with Crippen molar-refractivity contribution in [2.75, 3.05) is 13.7 Å². The van der Waals surface area contributed by atoms with E-state index in [1.807, 2.05) is 18.2 Å². The summed E-state index contributed by atoms with van der Waals surface area (Å²) in [7, 11) is 1.39. The van der Waals surface area contributed by atoms with E-state index in [9.17, 15) is 4.79 Å². The summed E-state index contributed by atoms with van der Waals surface area (Å²) in [6.07, 6.45) is 1.55. The number of nitrogens with zero attached hydrogens (tertiary/aromatic N) is 2. The largest absolute Gasteiger partial charge is 0.469 e. The van der Waals surface area contributed by atoms with Crippen molar-refractivity contribution in [1.29, 1.82) is 0 Å². The minimum atomic E-state index is -0.250. The summed E-state index contributed by atoms with van der Waals surface area (Å²) in [6, 6.07) is 5.80. The number of benzene rings is 1. The van der Waals surface area contributed by atoms with Crippen LogP contribution >= 0.6 is 11.6 Å². The molecule has 21 heavy (non-hydrogen) atoms. The number of ether oxygens (including phenoxy) is 2. The third-order valence-corrected chi connectivity index (χ3v) is 4.01. The van der Waals surface area contributed by atoms with E-state index in [1.54, 1.807) is 0 Å². The van der Waals surface area contributed by atoms with Crippen molar-refractivity contribution in [2.24, 2.45) is 0 Å². The number of hydrogen-bond acceptors (Lipinski definition) is 4. The zero-order valence-corrected chi connectivity index (χ0v) is 12.6. The quantitative estimate of drug-likeness (QED) is 0.628. The first-order valence-electron chi connectivity index (χ1n) is 6.93. The predicted molar refractivity (Wildman–Crippen MR) is 79.4 cm³/mol. The summed E-state index contributed by atoms with van der Waals surface area (Å²) in [5.41, 5.74) is 2.78. The smallest absolute Gasteiger partial charge is 0.309 e. The van der Waals surface area contributed by atoms with Gasteiger partial charge in [0.25, 0.3) is 0 Å². The van der Waals surface area contributed by atoms with Crippen LogP contribution in [-0.2, 0) is 33.1 Å². The lowest BCUT2D eigenvalue weighted by Crippen LogP contribution is -2.31. The third kappa shape index (κ3) is 2.89. The Kier molecular flexibility index (Phi) is 4.12.